The second-order valence-electron chi connectivity index (χ2n) is 4.92. The standard InChI is InChI=1S/C17H14ClNS2/c1-20-16-6-3-10(7-15(16)18)13-8-17(21-2)14(9-19)12-5-4-11(12)13/h3,6-8H,4-5H2,1-2H3. The van der Waals surface area contributed by atoms with Crippen LogP contribution in [-0.2, 0) is 12.8 Å². The number of fused-ring (bicyclic) bond motifs is 1. The van der Waals surface area contributed by atoms with E-state index in [-0.39, 0.29) is 0 Å². The summed E-state index contributed by atoms with van der Waals surface area (Å²) in [6.45, 7) is 0. The smallest absolute Gasteiger partial charge is 0.101 e. The van der Waals surface area contributed by atoms with Crippen molar-refractivity contribution in [1.82, 2.24) is 0 Å². The number of hydrogen-bond acceptors (Lipinski definition) is 3. The summed E-state index contributed by atoms with van der Waals surface area (Å²) >= 11 is 9.64. The van der Waals surface area contributed by atoms with Crippen molar-refractivity contribution in [2.24, 2.45) is 0 Å². The van der Waals surface area contributed by atoms with Gasteiger partial charge in [0.1, 0.15) is 6.07 Å². The molecule has 1 aliphatic carbocycles. The van der Waals surface area contributed by atoms with Crippen molar-refractivity contribution >= 4 is 35.1 Å². The molecule has 1 aliphatic rings. The van der Waals surface area contributed by atoms with E-state index in [9.17, 15) is 5.26 Å². The maximum absolute atomic E-state index is 9.38. The molecule has 0 saturated heterocycles. The summed E-state index contributed by atoms with van der Waals surface area (Å²) in [5, 5.41) is 10.2. The molecule has 0 atom stereocenters. The van der Waals surface area contributed by atoms with Gasteiger partial charge in [0.25, 0.3) is 0 Å². The molecular formula is C17H14ClNS2. The van der Waals surface area contributed by atoms with Gasteiger partial charge < -0.3 is 0 Å². The Morgan fingerprint density at radius 3 is 2.29 bits per heavy atom. The normalized spacial score (nSPS) is 12.5. The zero-order valence-corrected chi connectivity index (χ0v) is 14.3. The predicted molar refractivity (Wildman–Crippen MR) is 92.6 cm³/mol. The zero-order chi connectivity index (χ0) is 15.0. The predicted octanol–water partition coefficient (Wildman–Crippen LogP) is 5.42. The summed E-state index contributed by atoms with van der Waals surface area (Å²) in [5.74, 6) is 0. The molecule has 2 aromatic rings. The van der Waals surface area contributed by atoms with Crippen molar-refractivity contribution in [2.45, 2.75) is 22.6 Å². The van der Waals surface area contributed by atoms with Crippen LogP contribution in [0.4, 0.5) is 0 Å². The Bertz CT molecular complexity index is 762. The van der Waals surface area contributed by atoms with E-state index in [1.807, 2.05) is 18.6 Å². The van der Waals surface area contributed by atoms with Gasteiger partial charge in [-0.1, -0.05) is 17.7 Å². The minimum atomic E-state index is 0.795. The van der Waals surface area contributed by atoms with Crippen LogP contribution in [0.1, 0.15) is 16.7 Å². The summed E-state index contributed by atoms with van der Waals surface area (Å²) in [7, 11) is 0. The number of halogens is 1. The molecule has 0 aliphatic heterocycles. The van der Waals surface area contributed by atoms with Crippen LogP contribution < -0.4 is 0 Å². The molecule has 0 fully saturated rings. The van der Waals surface area contributed by atoms with Gasteiger partial charge >= 0.3 is 0 Å². The lowest BCUT2D eigenvalue weighted by Crippen LogP contribution is -2.13. The Morgan fingerprint density at radius 1 is 1.05 bits per heavy atom. The first-order chi connectivity index (χ1) is 10.2. The number of nitrogens with zero attached hydrogens (tertiary/aromatic N) is 1. The van der Waals surface area contributed by atoms with Crippen LogP contribution in [0.25, 0.3) is 11.1 Å². The first-order valence-electron chi connectivity index (χ1n) is 6.66. The molecule has 0 radical (unpaired) electrons. The summed E-state index contributed by atoms with van der Waals surface area (Å²) in [6, 6.07) is 10.7. The third kappa shape index (κ3) is 2.46. The first kappa shape index (κ1) is 14.8. The first-order valence-corrected chi connectivity index (χ1v) is 9.49. The maximum atomic E-state index is 9.38. The molecule has 4 heteroatoms. The average molecular weight is 332 g/mol. The highest BCUT2D eigenvalue weighted by Gasteiger charge is 2.24. The number of hydrogen-bond donors (Lipinski definition) is 0. The average Bonchev–Trinajstić information content (AvgIpc) is 2.47. The van der Waals surface area contributed by atoms with Crippen LogP contribution in [-0.4, -0.2) is 12.5 Å². The fraction of sp³-hybridized carbons (Fsp3) is 0.235. The Labute approximate surface area is 138 Å². The highest BCUT2D eigenvalue weighted by Crippen LogP contribution is 2.41. The Balaban J connectivity index is 2.18. The summed E-state index contributed by atoms with van der Waals surface area (Å²) in [4.78, 5) is 2.16. The molecule has 0 aromatic heterocycles. The van der Waals surface area contributed by atoms with E-state index in [4.69, 9.17) is 11.6 Å². The van der Waals surface area contributed by atoms with E-state index in [1.54, 1.807) is 23.5 Å². The quantitative estimate of drug-likeness (QED) is 0.701. The summed E-state index contributed by atoms with van der Waals surface area (Å²) in [6.07, 6.45) is 6.11. The third-order valence-electron chi connectivity index (χ3n) is 3.93. The lowest BCUT2D eigenvalue weighted by molar-refractivity contribution is 0.829. The van der Waals surface area contributed by atoms with Crippen LogP contribution in [0.5, 0.6) is 0 Å². The molecule has 21 heavy (non-hydrogen) atoms. The molecule has 0 bridgehead atoms. The fourth-order valence-corrected chi connectivity index (χ4v) is 4.24. The van der Waals surface area contributed by atoms with E-state index in [2.05, 4.69) is 24.3 Å². The fourth-order valence-electron chi connectivity index (χ4n) is 2.76. The van der Waals surface area contributed by atoms with Crippen molar-refractivity contribution in [1.29, 1.82) is 5.26 Å². The van der Waals surface area contributed by atoms with Crippen molar-refractivity contribution in [3.8, 4) is 17.2 Å². The number of nitriles is 1. The zero-order valence-electron chi connectivity index (χ0n) is 11.9. The molecule has 3 rings (SSSR count). The summed E-state index contributed by atoms with van der Waals surface area (Å²) in [5.41, 5.74) is 5.78. The topological polar surface area (TPSA) is 23.8 Å². The van der Waals surface area contributed by atoms with Crippen molar-refractivity contribution < 1.29 is 0 Å². The number of benzene rings is 2. The third-order valence-corrected chi connectivity index (χ3v) is 5.91. The lowest BCUT2D eigenvalue weighted by Gasteiger charge is -2.26. The molecule has 0 unspecified atom stereocenters. The van der Waals surface area contributed by atoms with Crippen molar-refractivity contribution in [3.63, 3.8) is 0 Å². The molecular weight excluding hydrogens is 318 g/mol. The minimum absolute atomic E-state index is 0.795. The Hall–Kier alpha value is -1.08. The van der Waals surface area contributed by atoms with Crippen LogP contribution in [0, 0.1) is 11.3 Å². The van der Waals surface area contributed by atoms with Crippen LogP contribution >= 0.6 is 35.1 Å². The van der Waals surface area contributed by atoms with Gasteiger partial charge in [0.15, 0.2) is 0 Å². The molecule has 0 N–H and O–H groups in total. The largest absolute Gasteiger partial charge is 0.192 e. The van der Waals surface area contributed by atoms with Gasteiger partial charge in [-0.3, -0.25) is 0 Å². The van der Waals surface area contributed by atoms with Gasteiger partial charge in [-0.05, 0) is 65.8 Å². The van der Waals surface area contributed by atoms with E-state index in [1.165, 1.54) is 16.7 Å². The maximum Gasteiger partial charge on any atom is 0.101 e. The molecule has 0 saturated carbocycles. The Kier molecular flexibility index (Phi) is 4.21. The van der Waals surface area contributed by atoms with Crippen LogP contribution in [0.3, 0.4) is 0 Å². The number of rotatable bonds is 3. The molecule has 0 heterocycles. The Morgan fingerprint density at radius 2 is 1.76 bits per heavy atom. The van der Waals surface area contributed by atoms with E-state index < -0.39 is 0 Å². The SMILES string of the molecule is CSc1ccc(-c2cc(SC)c(C#N)c3c2CC3)cc1Cl. The molecule has 1 nitrogen and oxygen atoms in total. The van der Waals surface area contributed by atoms with Gasteiger partial charge in [0.05, 0.1) is 10.6 Å². The second-order valence-corrected chi connectivity index (χ2v) is 7.02. The minimum Gasteiger partial charge on any atom is -0.192 e. The van der Waals surface area contributed by atoms with E-state index >= 15 is 0 Å². The summed E-state index contributed by atoms with van der Waals surface area (Å²) < 4.78 is 0. The number of thioether (sulfide) groups is 2. The highest BCUT2D eigenvalue weighted by atomic mass is 35.5. The van der Waals surface area contributed by atoms with Crippen molar-refractivity contribution in [3.05, 3.63) is 46.0 Å². The van der Waals surface area contributed by atoms with Gasteiger partial charge in [-0.2, -0.15) is 5.26 Å². The van der Waals surface area contributed by atoms with Gasteiger partial charge in [-0.25, -0.2) is 0 Å². The monoisotopic (exact) mass is 331 g/mol. The molecule has 0 spiro atoms. The second kappa shape index (κ2) is 5.96. The lowest BCUT2D eigenvalue weighted by atomic mass is 9.80. The van der Waals surface area contributed by atoms with Gasteiger partial charge in [0.2, 0.25) is 0 Å². The van der Waals surface area contributed by atoms with Gasteiger partial charge in [-0.15, -0.1) is 23.5 Å². The molecule has 0 amide bonds. The van der Waals surface area contributed by atoms with Gasteiger partial charge in [0, 0.05) is 9.79 Å². The van der Waals surface area contributed by atoms with Crippen LogP contribution in [0.2, 0.25) is 5.02 Å². The van der Waals surface area contributed by atoms with Crippen molar-refractivity contribution in [2.75, 3.05) is 12.5 Å². The van der Waals surface area contributed by atoms with E-state index in [0.29, 0.717) is 0 Å². The van der Waals surface area contributed by atoms with Crippen LogP contribution in [0.15, 0.2) is 34.1 Å². The molecule has 2 aromatic carbocycles. The highest BCUT2D eigenvalue weighted by molar-refractivity contribution is 7.99. The molecule has 106 valence electrons. The van der Waals surface area contributed by atoms with E-state index in [0.717, 1.165) is 38.8 Å².